The maximum absolute atomic E-state index is 6.89. The van der Waals surface area contributed by atoms with E-state index in [-0.39, 0.29) is 0 Å². The fourth-order valence-electron chi connectivity index (χ4n) is 7.66. The van der Waals surface area contributed by atoms with Crippen molar-refractivity contribution in [2.45, 2.75) is 0 Å². The topological polar surface area (TPSA) is 43.9 Å². The van der Waals surface area contributed by atoms with Gasteiger partial charge in [0.1, 0.15) is 21.6 Å². The predicted octanol–water partition coefficient (Wildman–Crippen LogP) is 12.5. The van der Waals surface area contributed by atoms with Gasteiger partial charge in [-0.1, -0.05) is 115 Å². The van der Waals surface area contributed by atoms with E-state index in [9.17, 15) is 0 Å². The summed E-state index contributed by atoms with van der Waals surface area (Å²) in [4.78, 5) is 10.7. The molecule has 0 N–H and O–H groups in total. The maximum Gasteiger partial charge on any atom is 0.160 e. The highest BCUT2D eigenvalue weighted by atomic mass is 35.5. The number of hydrogen-bond acceptors (Lipinski definition) is 4. The molecule has 6 heteroatoms. The standard InChI is InChI=1S/C42H22ClN3OS/c43-41-37(45-42-38(44-41)30-14-6-8-16-33(30)48-42)24-17-20-25(21-18-24)46-31-15-7-5-13-29(31)34-27-11-3-4-12-28(27)36-35-26-10-2-1-9-23(26)19-22-32(35)47-40(36)39(34)46/h1-22H. The highest BCUT2D eigenvalue weighted by Crippen LogP contribution is 2.47. The highest BCUT2D eigenvalue weighted by Gasteiger charge is 2.24. The molecule has 0 bridgehead atoms. The second-order valence-electron chi connectivity index (χ2n) is 12.2. The van der Waals surface area contributed by atoms with Gasteiger partial charge in [-0.15, -0.1) is 11.3 Å². The minimum atomic E-state index is 0.401. The maximum atomic E-state index is 6.89. The van der Waals surface area contributed by atoms with Crippen molar-refractivity contribution in [2.24, 2.45) is 0 Å². The van der Waals surface area contributed by atoms with Crippen LogP contribution in [0.4, 0.5) is 0 Å². The van der Waals surface area contributed by atoms with E-state index in [1.54, 1.807) is 11.3 Å². The summed E-state index contributed by atoms with van der Waals surface area (Å²) in [6, 6.07) is 46.9. The van der Waals surface area contributed by atoms with Crippen molar-refractivity contribution < 1.29 is 4.42 Å². The lowest BCUT2D eigenvalue weighted by atomic mass is 9.96. The monoisotopic (exact) mass is 651 g/mol. The highest BCUT2D eigenvalue weighted by molar-refractivity contribution is 7.25. The fourth-order valence-corrected chi connectivity index (χ4v) is 8.92. The molecule has 11 rings (SSSR count). The third kappa shape index (κ3) is 3.49. The van der Waals surface area contributed by atoms with Crippen LogP contribution >= 0.6 is 22.9 Å². The zero-order valence-electron chi connectivity index (χ0n) is 25.2. The normalized spacial score (nSPS) is 12.3. The Morgan fingerprint density at radius 1 is 0.583 bits per heavy atom. The van der Waals surface area contributed by atoms with Gasteiger partial charge in [0.15, 0.2) is 10.7 Å². The molecule has 0 atom stereocenters. The summed E-state index contributed by atoms with van der Waals surface area (Å²) in [6.45, 7) is 0. The van der Waals surface area contributed by atoms with Gasteiger partial charge in [-0.25, -0.2) is 9.97 Å². The summed E-state index contributed by atoms with van der Waals surface area (Å²) in [5.41, 5.74) is 7.43. The van der Waals surface area contributed by atoms with Crippen LogP contribution in [0.15, 0.2) is 138 Å². The van der Waals surface area contributed by atoms with Gasteiger partial charge in [0, 0.05) is 42.9 Å². The second-order valence-corrected chi connectivity index (χ2v) is 13.6. The van der Waals surface area contributed by atoms with Gasteiger partial charge >= 0.3 is 0 Å². The molecule has 4 aromatic heterocycles. The van der Waals surface area contributed by atoms with Crippen molar-refractivity contribution in [2.75, 3.05) is 0 Å². The Labute approximate surface area is 282 Å². The molecule has 0 aliphatic heterocycles. The van der Waals surface area contributed by atoms with E-state index in [0.717, 1.165) is 64.7 Å². The van der Waals surface area contributed by atoms with Gasteiger partial charge in [-0.2, -0.15) is 0 Å². The van der Waals surface area contributed by atoms with Crippen LogP contribution < -0.4 is 0 Å². The quantitative estimate of drug-likeness (QED) is 0.187. The van der Waals surface area contributed by atoms with Crippen molar-refractivity contribution in [3.05, 3.63) is 139 Å². The first-order valence-corrected chi connectivity index (χ1v) is 17.1. The number of halogens is 1. The third-order valence-corrected chi connectivity index (χ3v) is 11.0. The van der Waals surface area contributed by atoms with Gasteiger partial charge in [0.25, 0.3) is 0 Å². The number of furan rings is 1. The van der Waals surface area contributed by atoms with E-state index in [1.165, 1.54) is 32.3 Å². The molecule has 0 aliphatic carbocycles. The lowest BCUT2D eigenvalue weighted by Gasteiger charge is -2.11. The first-order chi connectivity index (χ1) is 23.7. The fraction of sp³-hybridized carbons (Fsp3) is 0. The average molecular weight is 652 g/mol. The van der Waals surface area contributed by atoms with Crippen molar-refractivity contribution in [1.29, 1.82) is 0 Å². The third-order valence-electron chi connectivity index (χ3n) is 9.70. The van der Waals surface area contributed by atoms with Gasteiger partial charge < -0.3 is 8.98 Å². The first kappa shape index (κ1) is 26.3. The lowest BCUT2D eigenvalue weighted by Crippen LogP contribution is -1.95. The summed E-state index contributed by atoms with van der Waals surface area (Å²) in [7, 11) is 0. The molecule has 224 valence electrons. The number of benzene rings is 7. The molecule has 0 unspecified atom stereocenters. The van der Waals surface area contributed by atoms with E-state index >= 15 is 0 Å². The number of aromatic nitrogens is 3. The largest absolute Gasteiger partial charge is 0.454 e. The first-order valence-electron chi connectivity index (χ1n) is 15.9. The summed E-state index contributed by atoms with van der Waals surface area (Å²) in [5, 5.41) is 10.9. The van der Waals surface area contributed by atoms with Crippen LogP contribution in [0.25, 0.3) is 103 Å². The number of para-hydroxylation sites is 1. The van der Waals surface area contributed by atoms with E-state index in [4.69, 9.17) is 26.0 Å². The molecule has 0 spiro atoms. The number of hydrogen-bond donors (Lipinski definition) is 0. The predicted molar refractivity (Wildman–Crippen MR) is 202 cm³/mol. The van der Waals surface area contributed by atoms with E-state index in [0.29, 0.717) is 10.8 Å². The summed E-state index contributed by atoms with van der Waals surface area (Å²) >= 11 is 8.45. The van der Waals surface area contributed by atoms with Crippen molar-refractivity contribution >= 4 is 109 Å². The van der Waals surface area contributed by atoms with E-state index in [2.05, 4.69) is 126 Å². The molecule has 0 saturated heterocycles. The lowest BCUT2D eigenvalue weighted by molar-refractivity contribution is 0.671. The molecule has 0 aliphatic rings. The van der Waals surface area contributed by atoms with Crippen LogP contribution in [-0.4, -0.2) is 14.5 Å². The molecule has 7 aromatic carbocycles. The van der Waals surface area contributed by atoms with Gasteiger partial charge in [0.2, 0.25) is 0 Å². The number of fused-ring (bicyclic) bond motifs is 15. The number of rotatable bonds is 2. The average Bonchev–Trinajstić information content (AvgIpc) is 3.81. The minimum absolute atomic E-state index is 0.401. The van der Waals surface area contributed by atoms with E-state index < -0.39 is 0 Å². The van der Waals surface area contributed by atoms with Crippen LogP contribution in [0.3, 0.4) is 0 Å². The Morgan fingerprint density at radius 3 is 2.10 bits per heavy atom. The van der Waals surface area contributed by atoms with Gasteiger partial charge in [-0.3, -0.25) is 0 Å². The Bertz CT molecular complexity index is 3130. The van der Waals surface area contributed by atoms with Crippen LogP contribution in [0.5, 0.6) is 0 Å². The van der Waals surface area contributed by atoms with Crippen molar-refractivity contribution in [3.8, 4) is 16.9 Å². The zero-order valence-corrected chi connectivity index (χ0v) is 26.8. The summed E-state index contributed by atoms with van der Waals surface area (Å²) in [5.74, 6) is 0. The SMILES string of the molecule is Clc1nc2c(nc1-c1ccc(-n3c4ccccc4c4c5ccccc5c5c(oc6ccc7ccccc7c65)c43)cc1)sc1ccccc12. The molecule has 0 amide bonds. The summed E-state index contributed by atoms with van der Waals surface area (Å²) < 4.78 is 10.4. The molecule has 0 saturated carbocycles. The van der Waals surface area contributed by atoms with Gasteiger partial charge in [0.05, 0.1) is 11.0 Å². The Balaban J connectivity index is 1.21. The molecule has 0 fully saturated rings. The minimum Gasteiger partial charge on any atom is -0.454 e. The Morgan fingerprint density at radius 2 is 1.27 bits per heavy atom. The van der Waals surface area contributed by atoms with Crippen LogP contribution in [0, 0.1) is 0 Å². The molecule has 48 heavy (non-hydrogen) atoms. The Kier molecular flexibility index (Phi) is 5.29. The molecule has 4 nitrogen and oxygen atoms in total. The van der Waals surface area contributed by atoms with Crippen molar-refractivity contribution in [1.82, 2.24) is 14.5 Å². The molecule has 0 radical (unpaired) electrons. The van der Waals surface area contributed by atoms with Crippen LogP contribution in [0.2, 0.25) is 5.15 Å². The molecule has 4 heterocycles. The van der Waals surface area contributed by atoms with Crippen LogP contribution in [-0.2, 0) is 0 Å². The van der Waals surface area contributed by atoms with Gasteiger partial charge in [-0.05, 0) is 51.9 Å². The molecule has 11 aromatic rings. The smallest absolute Gasteiger partial charge is 0.160 e. The summed E-state index contributed by atoms with van der Waals surface area (Å²) in [6.07, 6.45) is 0. The zero-order chi connectivity index (χ0) is 31.5. The molecular weight excluding hydrogens is 630 g/mol. The number of thiophene rings is 1. The Hall–Kier alpha value is -5.75. The molecular formula is C42H22ClN3OS. The van der Waals surface area contributed by atoms with E-state index in [1.807, 2.05) is 12.1 Å². The van der Waals surface area contributed by atoms with Crippen molar-refractivity contribution in [3.63, 3.8) is 0 Å². The second kappa shape index (κ2) is 9.64. The van der Waals surface area contributed by atoms with Crippen LogP contribution in [0.1, 0.15) is 0 Å². The number of nitrogens with zero attached hydrogens (tertiary/aromatic N) is 3.